The number of hydrogen-bond acceptors (Lipinski definition) is 7. The van der Waals surface area contributed by atoms with Crippen LogP contribution in [0.5, 0.6) is 5.75 Å². The quantitative estimate of drug-likeness (QED) is 0.466. The molecule has 2 fully saturated rings. The number of ether oxygens (including phenoxy) is 3. The van der Waals surface area contributed by atoms with E-state index in [-0.39, 0.29) is 5.91 Å². The lowest BCUT2D eigenvalue weighted by atomic mass is 10.1. The predicted octanol–water partition coefficient (Wildman–Crippen LogP) is 4.77. The molecule has 0 radical (unpaired) electrons. The minimum absolute atomic E-state index is 0.232. The van der Waals surface area contributed by atoms with E-state index in [0.29, 0.717) is 37.1 Å². The topological polar surface area (TPSA) is 83.6 Å². The minimum atomic E-state index is -0.925. The molecule has 2 aliphatic rings. The van der Waals surface area contributed by atoms with Crippen LogP contribution < -0.4 is 15.1 Å². The van der Waals surface area contributed by atoms with Gasteiger partial charge in [-0.3, -0.25) is 19.7 Å². The highest BCUT2D eigenvalue weighted by molar-refractivity contribution is 9.10. The highest BCUT2D eigenvalue weighted by atomic mass is 79.9. The number of carbonyl (C=O) groups is 2. The van der Waals surface area contributed by atoms with Crippen molar-refractivity contribution >= 4 is 33.6 Å². The Hall–Kier alpha value is -2.82. The van der Waals surface area contributed by atoms with Crippen LogP contribution >= 0.6 is 15.9 Å². The summed E-state index contributed by atoms with van der Waals surface area (Å²) < 4.78 is 17.9. The Kier molecular flexibility index (Phi) is 9.74. The lowest BCUT2D eigenvalue weighted by Crippen LogP contribution is -2.49. The number of hydrazine groups is 1. The maximum absolute atomic E-state index is 14.0. The van der Waals surface area contributed by atoms with Gasteiger partial charge >= 0.3 is 6.09 Å². The molecule has 0 bridgehead atoms. The lowest BCUT2D eigenvalue weighted by molar-refractivity contribution is -0.133. The maximum Gasteiger partial charge on any atom is 0.408 e. The number of halogens is 1. The van der Waals surface area contributed by atoms with Crippen LogP contribution in [0.2, 0.25) is 0 Å². The van der Waals surface area contributed by atoms with Crippen LogP contribution in [0.3, 0.4) is 0 Å². The van der Waals surface area contributed by atoms with Gasteiger partial charge in [-0.1, -0.05) is 24.3 Å². The van der Waals surface area contributed by atoms with Crippen molar-refractivity contribution < 1.29 is 23.8 Å². The molecule has 212 valence electrons. The van der Waals surface area contributed by atoms with Crippen LogP contribution in [-0.4, -0.2) is 79.6 Å². The molecule has 2 amide bonds. The third-order valence-electron chi connectivity index (χ3n) is 6.69. The highest BCUT2D eigenvalue weighted by Crippen LogP contribution is 2.31. The molecule has 39 heavy (non-hydrogen) atoms. The Bertz CT molecular complexity index is 1120. The predicted molar refractivity (Wildman–Crippen MR) is 154 cm³/mol. The third-order valence-corrected chi connectivity index (χ3v) is 7.36. The molecule has 2 heterocycles. The molecular formula is C29H39BrN4O5. The van der Waals surface area contributed by atoms with Gasteiger partial charge in [-0.2, -0.15) is 0 Å². The Balaban J connectivity index is 1.49. The number of hydrogen-bond donors (Lipinski definition) is 1. The molecule has 10 heteroatoms. The van der Waals surface area contributed by atoms with E-state index < -0.39 is 17.7 Å². The average Bonchev–Trinajstić information content (AvgIpc) is 3.37. The fraction of sp³-hybridized carbons (Fsp3) is 0.517. The van der Waals surface area contributed by atoms with E-state index in [1.807, 2.05) is 53.5 Å². The summed E-state index contributed by atoms with van der Waals surface area (Å²) in [5.74, 6) is 0.475. The number of rotatable bonds is 8. The molecule has 0 aliphatic carbocycles. The third kappa shape index (κ3) is 7.86. The SMILES string of the molecule is C[C@@H]1COCCN1CCOc1ccc([C@H](NC(=O)OC(C)(C)C)C(=O)N2CCCN2c2ccccc2Br)cc1. The normalized spacial score (nSPS) is 19.1. The van der Waals surface area contributed by atoms with Gasteiger partial charge in [0, 0.05) is 36.7 Å². The van der Waals surface area contributed by atoms with Crippen LogP contribution in [0.4, 0.5) is 10.5 Å². The second-order valence-corrected chi connectivity index (χ2v) is 11.7. The standard InChI is InChI=1S/C29H39BrN4O5/c1-21-20-37-18-16-32(21)17-19-38-23-12-10-22(11-13-23)26(31-28(36)39-29(2,3)4)27(35)34-15-7-14-33(34)25-9-6-5-8-24(25)30/h5-6,8-13,21,26H,7,14-20H2,1-4H3,(H,31,36)/t21-,26+/m1/s1. The first kappa shape index (κ1) is 29.2. The number of amides is 2. The number of carbonyl (C=O) groups excluding carboxylic acids is 2. The zero-order valence-electron chi connectivity index (χ0n) is 23.2. The first-order valence-corrected chi connectivity index (χ1v) is 14.3. The molecule has 9 nitrogen and oxygen atoms in total. The van der Waals surface area contributed by atoms with E-state index in [9.17, 15) is 9.59 Å². The molecule has 0 spiro atoms. The number of nitrogens with one attached hydrogen (secondary N) is 1. The summed E-state index contributed by atoms with van der Waals surface area (Å²) in [6.45, 7) is 12.5. The molecule has 2 atom stereocenters. The number of nitrogens with zero attached hydrogens (tertiary/aromatic N) is 3. The number of benzene rings is 2. The molecule has 0 unspecified atom stereocenters. The van der Waals surface area contributed by atoms with Gasteiger partial charge in [0.2, 0.25) is 0 Å². The molecule has 0 saturated carbocycles. The van der Waals surface area contributed by atoms with Gasteiger partial charge in [0.25, 0.3) is 5.91 Å². The van der Waals surface area contributed by atoms with Gasteiger partial charge < -0.3 is 19.5 Å². The van der Waals surface area contributed by atoms with E-state index >= 15 is 0 Å². The summed E-state index contributed by atoms with van der Waals surface area (Å²) in [6, 6.07) is 14.6. The average molecular weight is 604 g/mol. The molecule has 2 aromatic rings. The maximum atomic E-state index is 14.0. The number of para-hydroxylation sites is 1. The van der Waals surface area contributed by atoms with Crippen molar-refractivity contribution in [2.75, 3.05) is 51.0 Å². The lowest BCUT2D eigenvalue weighted by Gasteiger charge is -2.33. The molecule has 2 aromatic carbocycles. The molecule has 2 saturated heterocycles. The second kappa shape index (κ2) is 13.0. The summed E-state index contributed by atoms with van der Waals surface area (Å²) in [5, 5.41) is 6.48. The van der Waals surface area contributed by atoms with Crippen molar-refractivity contribution in [2.24, 2.45) is 0 Å². The number of morpholine rings is 1. The van der Waals surface area contributed by atoms with Gasteiger partial charge in [-0.25, -0.2) is 4.79 Å². The number of alkyl carbamates (subject to hydrolysis) is 1. The Morgan fingerprint density at radius 3 is 2.54 bits per heavy atom. The summed E-state index contributed by atoms with van der Waals surface area (Å²) in [7, 11) is 0. The molecule has 2 aliphatic heterocycles. The Morgan fingerprint density at radius 2 is 1.85 bits per heavy atom. The summed E-state index contributed by atoms with van der Waals surface area (Å²) in [6.07, 6.45) is 0.174. The van der Waals surface area contributed by atoms with E-state index in [2.05, 4.69) is 33.1 Å². The second-order valence-electron chi connectivity index (χ2n) is 10.8. The minimum Gasteiger partial charge on any atom is -0.492 e. The molecular weight excluding hydrogens is 564 g/mol. The van der Waals surface area contributed by atoms with Gasteiger partial charge in [-0.05, 0) is 79.9 Å². The van der Waals surface area contributed by atoms with E-state index in [0.717, 1.165) is 42.9 Å². The van der Waals surface area contributed by atoms with E-state index in [1.54, 1.807) is 25.8 Å². The molecule has 0 aromatic heterocycles. The first-order chi connectivity index (χ1) is 18.6. The van der Waals surface area contributed by atoms with Crippen molar-refractivity contribution in [2.45, 2.75) is 51.8 Å². The van der Waals surface area contributed by atoms with Crippen molar-refractivity contribution in [3.63, 3.8) is 0 Å². The zero-order chi connectivity index (χ0) is 28.0. The number of anilines is 1. The van der Waals surface area contributed by atoms with Gasteiger partial charge in [-0.15, -0.1) is 0 Å². The van der Waals surface area contributed by atoms with Crippen LogP contribution in [0, 0.1) is 0 Å². The summed E-state index contributed by atoms with van der Waals surface area (Å²) in [5.41, 5.74) is 0.860. The van der Waals surface area contributed by atoms with Crippen molar-refractivity contribution in [3.8, 4) is 5.75 Å². The van der Waals surface area contributed by atoms with Crippen LogP contribution in [0.15, 0.2) is 53.0 Å². The summed E-state index contributed by atoms with van der Waals surface area (Å²) >= 11 is 3.60. The molecule has 1 N–H and O–H groups in total. The smallest absolute Gasteiger partial charge is 0.408 e. The highest BCUT2D eigenvalue weighted by Gasteiger charge is 2.35. The Morgan fingerprint density at radius 1 is 1.10 bits per heavy atom. The van der Waals surface area contributed by atoms with Gasteiger partial charge in [0.15, 0.2) is 0 Å². The molecule has 4 rings (SSSR count). The van der Waals surface area contributed by atoms with Crippen LogP contribution in [0.25, 0.3) is 0 Å². The summed E-state index contributed by atoms with van der Waals surface area (Å²) in [4.78, 5) is 29.1. The van der Waals surface area contributed by atoms with E-state index in [4.69, 9.17) is 14.2 Å². The van der Waals surface area contributed by atoms with Crippen LogP contribution in [0.1, 0.15) is 45.7 Å². The van der Waals surface area contributed by atoms with Gasteiger partial charge in [0.05, 0.1) is 18.9 Å². The van der Waals surface area contributed by atoms with Crippen molar-refractivity contribution in [1.29, 1.82) is 0 Å². The van der Waals surface area contributed by atoms with Crippen molar-refractivity contribution in [3.05, 3.63) is 58.6 Å². The monoisotopic (exact) mass is 602 g/mol. The Labute approximate surface area is 239 Å². The van der Waals surface area contributed by atoms with E-state index in [1.165, 1.54) is 0 Å². The largest absolute Gasteiger partial charge is 0.492 e. The van der Waals surface area contributed by atoms with Crippen molar-refractivity contribution in [1.82, 2.24) is 15.2 Å². The fourth-order valence-corrected chi connectivity index (χ4v) is 5.23. The van der Waals surface area contributed by atoms with Gasteiger partial charge in [0.1, 0.15) is 24.0 Å². The van der Waals surface area contributed by atoms with Crippen LogP contribution in [-0.2, 0) is 14.3 Å². The fourth-order valence-electron chi connectivity index (χ4n) is 4.75. The zero-order valence-corrected chi connectivity index (χ0v) is 24.8. The first-order valence-electron chi connectivity index (χ1n) is 13.5.